The Kier molecular flexibility index (Phi) is 6.79. The van der Waals surface area contributed by atoms with Crippen LogP contribution in [0.5, 0.6) is 0 Å². The molecule has 1 saturated heterocycles. The maximum absolute atomic E-state index is 12.5. The molecule has 0 aromatic carbocycles. The van der Waals surface area contributed by atoms with Gasteiger partial charge < -0.3 is 20.3 Å². The molecule has 2 N–H and O–H groups in total. The first kappa shape index (κ1) is 23.0. The molecule has 1 atom stereocenters. The maximum Gasteiger partial charge on any atom is 0.225 e. The van der Waals surface area contributed by atoms with Crippen LogP contribution in [0.2, 0.25) is 0 Å². The second-order valence-electron chi connectivity index (χ2n) is 8.85. The van der Waals surface area contributed by atoms with E-state index in [1.165, 1.54) is 0 Å². The van der Waals surface area contributed by atoms with Crippen molar-refractivity contribution in [1.82, 2.24) is 14.9 Å². The van der Waals surface area contributed by atoms with Crippen LogP contribution >= 0.6 is 0 Å². The fraction of sp³-hybridized carbons (Fsp3) is 0.423. The molecule has 1 saturated carbocycles. The molecule has 1 aliphatic carbocycles. The smallest absolute Gasteiger partial charge is 0.225 e. The number of amides is 1. The Labute approximate surface area is 196 Å². The summed E-state index contributed by atoms with van der Waals surface area (Å²) in [5.41, 5.74) is 12.0. The lowest BCUT2D eigenvalue weighted by molar-refractivity contribution is -0.134. The molecule has 174 valence electrons. The Bertz CT molecular complexity index is 1040. The summed E-state index contributed by atoms with van der Waals surface area (Å²) in [5, 5.41) is 0. The van der Waals surface area contributed by atoms with Gasteiger partial charge in [0.05, 0.1) is 35.8 Å². The molecule has 2 aromatic heterocycles. The normalized spacial score (nSPS) is 18.3. The minimum atomic E-state index is 0.0823. The molecule has 0 radical (unpaired) electrons. The van der Waals surface area contributed by atoms with E-state index >= 15 is 0 Å². The summed E-state index contributed by atoms with van der Waals surface area (Å²) in [7, 11) is 1.62. The van der Waals surface area contributed by atoms with Crippen LogP contribution in [-0.4, -0.2) is 60.2 Å². The average Bonchev–Trinajstić information content (AvgIpc) is 3.67. The zero-order valence-corrected chi connectivity index (χ0v) is 19.6. The highest BCUT2D eigenvalue weighted by atomic mass is 16.5. The summed E-state index contributed by atoms with van der Waals surface area (Å²) in [4.78, 5) is 26.3. The van der Waals surface area contributed by atoms with Gasteiger partial charge in [0, 0.05) is 44.3 Å². The third kappa shape index (κ3) is 4.93. The highest BCUT2D eigenvalue weighted by Crippen LogP contribution is 2.45. The van der Waals surface area contributed by atoms with Crippen molar-refractivity contribution >= 4 is 29.6 Å². The molecule has 0 unspecified atom stereocenters. The van der Waals surface area contributed by atoms with Crippen molar-refractivity contribution in [1.29, 1.82) is 0 Å². The minimum Gasteiger partial charge on any atom is -0.396 e. The van der Waals surface area contributed by atoms with Gasteiger partial charge in [-0.3, -0.25) is 4.79 Å². The molecule has 1 aliphatic heterocycles. The van der Waals surface area contributed by atoms with E-state index in [1.54, 1.807) is 19.3 Å². The monoisotopic (exact) mass is 447 g/mol. The quantitative estimate of drug-likeness (QED) is 0.659. The number of rotatable bonds is 8. The predicted molar refractivity (Wildman–Crippen MR) is 134 cm³/mol. The van der Waals surface area contributed by atoms with E-state index in [-0.39, 0.29) is 11.9 Å². The molecule has 0 spiro atoms. The van der Waals surface area contributed by atoms with Crippen LogP contribution in [0.3, 0.4) is 0 Å². The van der Waals surface area contributed by atoms with Crippen molar-refractivity contribution in [3.05, 3.63) is 48.4 Å². The van der Waals surface area contributed by atoms with Crippen LogP contribution < -0.4 is 10.6 Å². The molecule has 1 amide bonds. The fourth-order valence-corrected chi connectivity index (χ4v) is 4.48. The summed E-state index contributed by atoms with van der Waals surface area (Å²) < 4.78 is 5.06. The number of pyridine rings is 2. The second-order valence-corrected chi connectivity index (χ2v) is 8.85. The lowest BCUT2D eigenvalue weighted by Gasteiger charge is -2.41. The fourth-order valence-electron chi connectivity index (χ4n) is 4.48. The third-order valence-electron chi connectivity index (χ3n) is 6.39. The zero-order chi connectivity index (χ0) is 23.5. The van der Waals surface area contributed by atoms with Gasteiger partial charge in [-0.1, -0.05) is 13.2 Å². The summed E-state index contributed by atoms with van der Waals surface area (Å²) in [6, 6.07) is 6.17. The van der Waals surface area contributed by atoms with E-state index in [2.05, 4.69) is 30.0 Å². The van der Waals surface area contributed by atoms with E-state index in [9.17, 15) is 4.79 Å². The molecule has 33 heavy (non-hydrogen) atoms. The van der Waals surface area contributed by atoms with E-state index < -0.39 is 0 Å². The van der Waals surface area contributed by atoms with Crippen LogP contribution in [0, 0.1) is 0 Å². The maximum atomic E-state index is 12.5. The SMILES string of the molecule is C=Cc1cc(-c2cc(N)c(N3CCN(C(=O)CCOC)[C@H](C)C3)nc2C2CC2)cc(C=C)n1. The van der Waals surface area contributed by atoms with Crippen LogP contribution in [0.4, 0.5) is 11.5 Å². The molecule has 2 fully saturated rings. The van der Waals surface area contributed by atoms with Crippen molar-refractivity contribution in [3.63, 3.8) is 0 Å². The van der Waals surface area contributed by atoms with Gasteiger partial charge in [-0.05, 0) is 55.7 Å². The third-order valence-corrected chi connectivity index (χ3v) is 6.39. The second kappa shape index (κ2) is 9.75. The molecule has 3 heterocycles. The Morgan fingerprint density at radius 3 is 2.45 bits per heavy atom. The number of nitrogens with zero attached hydrogens (tertiary/aromatic N) is 4. The number of carbonyl (C=O) groups excluding carboxylic acids is 1. The number of ether oxygens (including phenoxy) is 1. The van der Waals surface area contributed by atoms with Gasteiger partial charge in [0.25, 0.3) is 0 Å². The number of hydrogen-bond acceptors (Lipinski definition) is 6. The number of carbonyl (C=O) groups is 1. The average molecular weight is 448 g/mol. The molecular formula is C26H33N5O2. The summed E-state index contributed by atoms with van der Waals surface area (Å²) in [6.07, 6.45) is 6.16. The predicted octanol–water partition coefficient (Wildman–Crippen LogP) is 3.96. The standard InChI is InChI=1S/C26H33N5O2/c1-5-20-13-19(14-21(6-2)28-20)22-15-23(27)26(29-25(22)18-7-8-18)30-10-11-31(17(3)16-30)24(32)9-12-33-4/h5-6,13-15,17-18H,1-2,7-12,16,27H2,3-4H3/t17-/m1/s1. The van der Waals surface area contributed by atoms with E-state index in [4.69, 9.17) is 15.5 Å². The highest BCUT2D eigenvalue weighted by Gasteiger charge is 2.32. The zero-order valence-electron chi connectivity index (χ0n) is 19.6. The van der Waals surface area contributed by atoms with E-state index in [0.29, 0.717) is 44.3 Å². The first-order chi connectivity index (χ1) is 15.9. The highest BCUT2D eigenvalue weighted by molar-refractivity contribution is 5.79. The van der Waals surface area contributed by atoms with Crippen LogP contribution in [-0.2, 0) is 9.53 Å². The number of nitrogen functional groups attached to an aromatic ring is 1. The minimum absolute atomic E-state index is 0.0823. The summed E-state index contributed by atoms with van der Waals surface area (Å²) in [5.74, 6) is 1.40. The Hall–Kier alpha value is -3.19. The van der Waals surface area contributed by atoms with Crippen molar-refractivity contribution in [2.45, 2.75) is 38.1 Å². The molecule has 7 nitrogen and oxygen atoms in total. The topological polar surface area (TPSA) is 84.6 Å². The van der Waals surface area contributed by atoms with Crippen LogP contribution in [0.15, 0.2) is 31.4 Å². The lowest BCUT2D eigenvalue weighted by Crippen LogP contribution is -2.54. The Balaban J connectivity index is 1.63. The van der Waals surface area contributed by atoms with Crippen LogP contribution in [0.1, 0.15) is 49.2 Å². The van der Waals surface area contributed by atoms with E-state index in [0.717, 1.165) is 46.9 Å². The van der Waals surface area contributed by atoms with Crippen molar-refractivity contribution < 1.29 is 9.53 Å². The molecule has 2 aromatic rings. The number of nitrogens with two attached hydrogens (primary N) is 1. The van der Waals surface area contributed by atoms with Gasteiger partial charge in [0.2, 0.25) is 5.91 Å². The summed E-state index contributed by atoms with van der Waals surface area (Å²) in [6.45, 7) is 12.3. The first-order valence-electron chi connectivity index (χ1n) is 11.6. The van der Waals surface area contributed by atoms with Gasteiger partial charge in [-0.15, -0.1) is 0 Å². The van der Waals surface area contributed by atoms with Gasteiger partial charge in [0.15, 0.2) is 5.82 Å². The van der Waals surface area contributed by atoms with Gasteiger partial charge in [-0.25, -0.2) is 9.97 Å². The molecule has 2 aliphatic rings. The number of methoxy groups -OCH3 is 1. The number of aromatic nitrogens is 2. The largest absolute Gasteiger partial charge is 0.396 e. The number of hydrogen-bond donors (Lipinski definition) is 1. The van der Waals surface area contributed by atoms with Gasteiger partial charge in [0.1, 0.15) is 0 Å². The Morgan fingerprint density at radius 2 is 1.88 bits per heavy atom. The molecule has 7 heteroatoms. The molecule has 4 rings (SSSR count). The van der Waals surface area contributed by atoms with Crippen molar-refractivity contribution in [3.8, 4) is 11.1 Å². The van der Waals surface area contributed by atoms with E-state index in [1.807, 2.05) is 23.1 Å². The van der Waals surface area contributed by atoms with Gasteiger partial charge in [-0.2, -0.15) is 0 Å². The van der Waals surface area contributed by atoms with Gasteiger partial charge >= 0.3 is 0 Å². The molecular weight excluding hydrogens is 414 g/mol. The van der Waals surface area contributed by atoms with Crippen molar-refractivity contribution in [2.24, 2.45) is 0 Å². The number of anilines is 2. The molecule has 0 bridgehead atoms. The lowest BCUT2D eigenvalue weighted by atomic mass is 9.99. The number of piperazine rings is 1. The van der Waals surface area contributed by atoms with Crippen LogP contribution in [0.25, 0.3) is 23.3 Å². The van der Waals surface area contributed by atoms with Crippen molar-refractivity contribution in [2.75, 3.05) is 44.0 Å². The first-order valence-corrected chi connectivity index (χ1v) is 11.6. The summed E-state index contributed by atoms with van der Waals surface area (Å²) >= 11 is 0. The Morgan fingerprint density at radius 1 is 1.18 bits per heavy atom.